The third kappa shape index (κ3) is 3.26. The lowest BCUT2D eigenvalue weighted by Crippen LogP contribution is -2.25. The van der Waals surface area contributed by atoms with Crippen molar-refractivity contribution in [1.29, 1.82) is 0 Å². The van der Waals surface area contributed by atoms with Crippen LogP contribution in [0.25, 0.3) is 0 Å². The van der Waals surface area contributed by atoms with Gasteiger partial charge in [0.15, 0.2) is 0 Å². The Kier molecular flexibility index (Phi) is 4.22. The Morgan fingerprint density at radius 3 is 2.55 bits per heavy atom. The molecule has 2 N–H and O–H groups in total. The second kappa shape index (κ2) is 5.90. The second-order valence-electron chi connectivity index (χ2n) is 5.40. The molecule has 0 spiro atoms. The van der Waals surface area contributed by atoms with E-state index in [4.69, 9.17) is 5.11 Å². The highest BCUT2D eigenvalue weighted by Crippen LogP contribution is 2.28. The van der Waals surface area contributed by atoms with E-state index in [9.17, 15) is 14.9 Å². The molecule has 0 atom stereocenters. The summed E-state index contributed by atoms with van der Waals surface area (Å²) < 4.78 is 0. The molecule has 20 heavy (non-hydrogen) atoms. The van der Waals surface area contributed by atoms with Crippen molar-refractivity contribution in [1.82, 2.24) is 0 Å². The molecule has 0 radical (unpaired) electrons. The van der Waals surface area contributed by atoms with E-state index in [1.165, 1.54) is 12.1 Å². The zero-order chi connectivity index (χ0) is 14.7. The number of carboxylic acid groups (broad SMARTS) is 1. The van der Waals surface area contributed by atoms with Crippen LogP contribution in [-0.2, 0) is 0 Å². The Morgan fingerprint density at radius 2 is 2.00 bits per heavy atom. The molecular formula is C14H18N2O4. The van der Waals surface area contributed by atoms with Crippen molar-refractivity contribution >= 4 is 17.3 Å². The molecule has 0 bridgehead atoms. The van der Waals surface area contributed by atoms with Crippen LogP contribution in [0.1, 0.15) is 43.0 Å². The monoisotopic (exact) mass is 278 g/mol. The molecule has 6 heteroatoms. The lowest BCUT2D eigenvalue weighted by atomic mass is 9.87. The molecular weight excluding hydrogens is 260 g/mol. The van der Waals surface area contributed by atoms with Gasteiger partial charge in [0.25, 0.3) is 5.69 Å². The van der Waals surface area contributed by atoms with Gasteiger partial charge in [0.05, 0.1) is 4.92 Å². The molecule has 0 heterocycles. The van der Waals surface area contributed by atoms with E-state index in [1.807, 2.05) is 0 Å². The van der Waals surface area contributed by atoms with Gasteiger partial charge in [-0.05, 0) is 43.7 Å². The molecule has 108 valence electrons. The molecule has 1 saturated carbocycles. The lowest BCUT2D eigenvalue weighted by molar-refractivity contribution is -0.385. The number of carbonyl (C=O) groups is 1. The SMILES string of the molecule is CC1CCC(Nc2ccc(C(=O)O)c([N+](=O)[O-])c2)CC1. The Hall–Kier alpha value is -2.11. The molecule has 0 saturated heterocycles. The predicted octanol–water partition coefficient (Wildman–Crippen LogP) is 3.28. The van der Waals surface area contributed by atoms with Gasteiger partial charge in [-0.15, -0.1) is 0 Å². The van der Waals surface area contributed by atoms with Crippen LogP contribution < -0.4 is 5.32 Å². The molecule has 0 unspecified atom stereocenters. The standard InChI is InChI=1S/C14H18N2O4/c1-9-2-4-10(5-3-9)15-11-6-7-12(14(17)18)13(8-11)16(19)20/h6-10,15H,2-5H2,1H3,(H,17,18). The first-order valence-corrected chi connectivity index (χ1v) is 6.75. The minimum atomic E-state index is -1.28. The summed E-state index contributed by atoms with van der Waals surface area (Å²) in [6.07, 6.45) is 4.37. The summed E-state index contributed by atoms with van der Waals surface area (Å²) in [5.41, 5.74) is -0.0363. The van der Waals surface area contributed by atoms with Crippen LogP contribution in [0.15, 0.2) is 18.2 Å². The largest absolute Gasteiger partial charge is 0.477 e. The van der Waals surface area contributed by atoms with E-state index in [0.717, 1.165) is 31.6 Å². The number of hydrogen-bond donors (Lipinski definition) is 2. The van der Waals surface area contributed by atoms with Crippen LogP contribution in [0.5, 0.6) is 0 Å². The fraction of sp³-hybridized carbons (Fsp3) is 0.500. The predicted molar refractivity (Wildman–Crippen MR) is 75.1 cm³/mol. The van der Waals surface area contributed by atoms with Crippen LogP contribution in [0.4, 0.5) is 11.4 Å². The van der Waals surface area contributed by atoms with Crippen molar-refractivity contribution < 1.29 is 14.8 Å². The topological polar surface area (TPSA) is 92.5 Å². The highest BCUT2D eigenvalue weighted by molar-refractivity contribution is 5.93. The first kappa shape index (κ1) is 14.3. The zero-order valence-electron chi connectivity index (χ0n) is 11.3. The molecule has 6 nitrogen and oxygen atoms in total. The summed E-state index contributed by atoms with van der Waals surface area (Å²) in [4.78, 5) is 21.2. The zero-order valence-corrected chi connectivity index (χ0v) is 11.3. The van der Waals surface area contributed by atoms with Crippen molar-refractivity contribution in [3.63, 3.8) is 0 Å². The van der Waals surface area contributed by atoms with Crippen LogP contribution in [0.3, 0.4) is 0 Å². The summed E-state index contributed by atoms with van der Waals surface area (Å²) in [6, 6.07) is 4.49. The maximum Gasteiger partial charge on any atom is 0.342 e. The van der Waals surface area contributed by atoms with Gasteiger partial charge in [0.1, 0.15) is 5.56 Å². The van der Waals surface area contributed by atoms with Crippen LogP contribution >= 0.6 is 0 Å². The Bertz CT molecular complexity index is 522. The molecule has 1 aromatic carbocycles. The number of hydrogen-bond acceptors (Lipinski definition) is 4. The fourth-order valence-electron chi connectivity index (χ4n) is 2.59. The summed E-state index contributed by atoms with van der Waals surface area (Å²) in [5, 5.41) is 23.1. The number of benzene rings is 1. The Balaban J connectivity index is 2.15. The first-order valence-electron chi connectivity index (χ1n) is 6.75. The second-order valence-corrected chi connectivity index (χ2v) is 5.40. The molecule has 0 amide bonds. The average Bonchev–Trinajstić information content (AvgIpc) is 2.41. The van der Waals surface area contributed by atoms with Crippen molar-refractivity contribution in [2.24, 2.45) is 5.92 Å². The molecule has 1 aliphatic rings. The van der Waals surface area contributed by atoms with E-state index >= 15 is 0 Å². The number of nitro groups is 1. The van der Waals surface area contributed by atoms with Crippen LogP contribution in [0.2, 0.25) is 0 Å². The fourth-order valence-corrected chi connectivity index (χ4v) is 2.59. The number of aromatic carboxylic acids is 1. The normalized spacial score (nSPS) is 22.2. The molecule has 1 aliphatic carbocycles. The highest BCUT2D eigenvalue weighted by atomic mass is 16.6. The summed E-state index contributed by atoms with van der Waals surface area (Å²) in [5.74, 6) is -0.550. The number of rotatable bonds is 4. The van der Waals surface area contributed by atoms with E-state index in [0.29, 0.717) is 11.7 Å². The number of nitrogens with zero attached hydrogens (tertiary/aromatic N) is 1. The number of carboxylic acids is 1. The maximum absolute atomic E-state index is 10.9. The van der Waals surface area contributed by atoms with Gasteiger partial charge in [0, 0.05) is 17.8 Å². The van der Waals surface area contributed by atoms with Gasteiger partial charge in [-0.3, -0.25) is 10.1 Å². The van der Waals surface area contributed by atoms with Crippen molar-refractivity contribution in [2.45, 2.75) is 38.6 Å². The van der Waals surface area contributed by atoms with Gasteiger partial charge in [0.2, 0.25) is 0 Å². The number of anilines is 1. The summed E-state index contributed by atoms with van der Waals surface area (Å²) >= 11 is 0. The quantitative estimate of drug-likeness (QED) is 0.651. The molecule has 0 aromatic heterocycles. The molecule has 1 aromatic rings. The smallest absolute Gasteiger partial charge is 0.342 e. The third-order valence-corrected chi connectivity index (χ3v) is 3.81. The third-order valence-electron chi connectivity index (χ3n) is 3.81. The van der Waals surface area contributed by atoms with E-state index in [1.54, 1.807) is 6.07 Å². The number of nitrogens with one attached hydrogen (secondary N) is 1. The summed E-state index contributed by atoms with van der Waals surface area (Å²) in [6.45, 7) is 2.22. The van der Waals surface area contributed by atoms with E-state index in [2.05, 4.69) is 12.2 Å². The van der Waals surface area contributed by atoms with Gasteiger partial charge < -0.3 is 10.4 Å². The lowest BCUT2D eigenvalue weighted by Gasteiger charge is -2.27. The molecule has 1 fully saturated rings. The van der Waals surface area contributed by atoms with E-state index in [-0.39, 0.29) is 11.3 Å². The van der Waals surface area contributed by atoms with Crippen molar-refractivity contribution in [2.75, 3.05) is 5.32 Å². The van der Waals surface area contributed by atoms with Gasteiger partial charge in [-0.25, -0.2) is 4.79 Å². The van der Waals surface area contributed by atoms with Gasteiger partial charge in [-0.1, -0.05) is 6.92 Å². The summed E-state index contributed by atoms with van der Waals surface area (Å²) in [7, 11) is 0. The van der Waals surface area contributed by atoms with Crippen LogP contribution in [-0.4, -0.2) is 22.0 Å². The van der Waals surface area contributed by atoms with Gasteiger partial charge in [-0.2, -0.15) is 0 Å². The molecule has 2 rings (SSSR count). The minimum Gasteiger partial charge on any atom is -0.477 e. The first-order chi connectivity index (χ1) is 9.47. The van der Waals surface area contributed by atoms with Gasteiger partial charge >= 0.3 is 5.97 Å². The highest BCUT2D eigenvalue weighted by Gasteiger charge is 2.22. The Labute approximate surface area is 117 Å². The van der Waals surface area contributed by atoms with E-state index < -0.39 is 10.9 Å². The minimum absolute atomic E-state index is 0.280. The van der Waals surface area contributed by atoms with Crippen molar-refractivity contribution in [3.05, 3.63) is 33.9 Å². The average molecular weight is 278 g/mol. The molecule has 0 aliphatic heterocycles. The van der Waals surface area contributed by atoms with Crippen LogP contribution in [0, 0.1) is 16.0 Å². The number of nitro benzene ring substituents is 1. The maximum atomic E-state index is 10.9. The Morgan fingerprint density at radius 1 is 1.35 bits per heavy atom. The van der Waals surface area contributed by atoms with Crippen molar-refractivity contribution in [3.8, 4) is 0 Å².